The lowest BCUT2D eigenvalue weighted by molar-refractivity contribution is 0.416. The average molecular weight is 375 g/mol. The summed E-state index contributed by atoms with van der Waals surface area (Å²) in [5.74, 6) is 1.35. The number of ether oxygens (including phenoxy) is 1. The van der Waals surface area contributed by atoms with E-state index >= 15 is 0 Å². The molecule has 1 fully saturated rings. The molecule has 1 aliphatic heterocycles. The van der Waals surface area contributed by atoms with E-state index < -0.39 is 0 Å². The first kappa shape index (κ1) is 17.8. The van der Waals surface area contributed by atoms with Crippen molar-refractivity contribution < 1.29 is 9.53 Å². The summed E-state index contributed by atoms with van der Waals surface area (Å²) >= 11 is 0. The SMILES string of the molecule is COc1ccccc1-c1[nH]nc(N2CCN(c3ccccc3)CC2)c1N=C=O. The fourth-order valence-corrected chi connectivity index (χ4v) is 3.55. The summed E-state index contributed by atoms with van der Waals surface area (Å²) < 4.78 is 5.44. The number of aromatic nitrogens is 2. The summed E-state index contributed by atoms with van der Waals surface area (Å²) in [5, 5.41) is 7.49. The van der Waals surface area contributed by atoms with Crippen LogP contribution in [0.4, 0.5) is 17.2 Å². The number of aromatic amines is 1. The average Bonchev–Trinajstić information content (AvgIpc) is 3.18. The second-order valence-corrected chi connectivity index (χ2v) is 6.48. The summed E-state index contributed by atoms with van der Waals surface area (Å²) in [7, 11) is 1.61. The molecular weight excluding hydrogens is 354 g/mol. The minimum Gasteiger partial charge on any atom is -0.496 e. The number of para-hydroxylation sites is 2. The van der Waals surface area contributed by atoms with Crippen LogP contribution in [0.15, 0.2) is 59.6 Å². The topological polar surface area (TPSA) is 73.8 Å². The molecule has 142 valence electrons. The Kier molecular flexibility index (Phi) is 5.08. The summed E-state index contributed by atoms with van der Waals surface area (Å²) in [6.07, 6.45) is 1.67. The Morgan fingerprint density at radius 3 is 2.39 bits per heavy atom. The predicted molar refractivity (Wildman–Crippen MR) is 109 cm³/mol. The zero-order chi connectivity index (χ0) is 19.3. The molecule has 1 aromatic heterocycles. The summed E-state index contributed by atoms with van der Waals surface area (Å²) in [5.41, 5.74) is 3.17. The standard InChI is InChI=1S/C21H21N5O2/c1-28-18-10-6-5-9-17(18)19-20(22-15-27)21(24-23-19)26-13-11-25(12-14-26)16-7-3-2-4-8-16/h2-10H,11-14H2,1H3,(H,23,24). The number of piperazine rings is 1. The minimum atomic E-state index is 0.493. The third-order valence-corrected chi connectivity index (χ3v) is 4.96. The maximum Gasteiger partial charge on any atom is 0.240 e. The Bertz CT molecular complexity index is 987. The van der Waals surface area contributed by atoms with Gasteiger partial charge in [0.15, 0.2) is 5.82 Å². The van der Waals surface area contributed by atoms with Crippen molar-refractivity contribution in [2.45, 2.75) is 0 Å². The van der Waals surface area contributed by atoms with E-state index in [-0.39, 0.29) is 0 Å². The van der Waals surface area contributed by atoms with Gasteiger partial charge in [-0.25, -0.2) is 4.79 Å². The molecule has 0 unspecified atom stereocenters. The van der Waals surface area contributed by atoms with Crippen LogP contribution in [0.1, 0.15) is 0 Å². The summed E-state index contributed by atoms with van der Waals surface area (Å²) in [6, 6.07) is 17.9. The number of carbonyl (C=O) groups excluding carboxylic acids is 1. The van der Waals surface area contributed by atoms with Crippen LogP contribution in [0, 0.1) is 0 Å². The summed E-state index contributed by atoms with van der Waals surface area (Å²) in [4.78, 5) is 19.5. The molecule has 0 spiro atoms. The molecule has 7 nitrogen and oxygen atoms in total. The van der Waals surface area contributed by atoms with Gasteiger partial charge < -0.3 is 14.5 Å². The molecule has 0 bridgehead atoms. The van der Waals surface area contributed by atoms with E-state index in [2.05, 4.69) is 37.1 Å². The number of hydrogen-bond donors (Lipinski definition) is 1. The number of nitrogens with zero attached hydrogens (tertiary/aromatic N) is 4. The Balaban J connectivity index is 1.61. The van der Waals surface area contributed by atoms with Gasteiger partial charge >= 0.3 is 0 Å². The number of nitrogens with one attached hydrogen (secondary N) is 1. The maximum atomic E-state index is 11.1. The fourth-order valence-electron chi connectivity index (χ4n) is 3.55. The van der Waals surface area contributed by atoms with Crippen LogP contribution in [0.25, 0.3) is 11.3 Å². The molecule has 1 aliphatic rings. The second kappa shape index (κ2) is 7.98. The van der Waals surface area contributed by atoms with E-state index in [0.29, 0.717) is 22.9 Å². The number of H-pyrrole nitrogens is 1. The number of rotatable bonds is 5. The van der Waals surface area contributed by atoms with E-state index in [9.17, 15) is 4.79 Å². The van der Waals surface area contributed by atoms with Crippen LogP contribution >= 0.6 is 0 Å². The van der Waals surface area contributed by atoms with Crippen molar-refractivity contribution in [2.24, 2.45) is 4.99 Å². The molecule has 0 radical (unpaired) electrons. The number of benzene rings is 2. The van der Waals surface area contributed by atoms with Crippen LogP contribution in [-0.2, 0) is 4.79 Å². The Hall–Kier alpha value is -3.57. The monoisotopic (exact) mass is 375 g/mol. The molecule has 7 heteroatoms. The first-order valence-electron chi connectivity index (χ1n) is 9.16. The Morgan fingerprint density at radius 1 is 1.00 bits per heavy atom. The van der Waals surface area contributed by atoms with Crippen molar-refractivity contribution in [1.82, 2.24) is 10.2 Å². The van der Waals surface area contributed by atoms with E-state index in [4.69, 9.17) is 4.74 Å². The zero-order valence-electron chi connectivity index (χ0n) is 15.6. The highest BCUT2D eigenvalue weighted by molar-refractivity contribution is 5.85. The second-order valence-electron chi connectivity index (χ2n) is 6.48. The van der Waals surface area contributed by atoms with Gasteiger partial charge in [0, 0.05) is 37.4 Å². The molecule has 2 aromatic carbocycles. The van der Waals surface area contributed by atoms with Gasteiger partial charge in [0.05, 0.1) is 12.8 Å². The molecule has 1 saturated heterocycles. The lowest BCUT2D eigenvalue weighted by Crippen LogP contribution is -2.46. The van der Waals surface area contributed by atoms with Crippen molar-refractivity contribution in [3.8, 4) is 17.0 Å². The van der Waals surface area contributed by atoms with Crippen LogP contribution in [-0.4, -0.2) is 49.6 Å². The highest BCUT2D eigenvalue weighted by atomic mass is 16.5. The lowest BCUT2D eigenvalue weighted by Gasteiger charge is -2.36. The highest BCUT2D eigenvalue weighted by Crippen LogP contribution is 2.40. The number of anilines is 2. The van der Waals surface area contributed by atoms with Crippen molar-refractivity contribution in [1.29, 1.82) is 0 Å². The van der Waals surface area contributed by atoms with Gasteiger partial charge in [-0.1, -0.05) is 30.3 Å². The van der Waals surface area contributed by atoms with Crippen LogP contribution in [0.3, 0.4) is 0 Å². The van der Waals surface area contributed by atoms with E-state index in [1.54, 1.807) is 13.2 Å². The van der Waals surface area contributed by atoms with Gasteiger partial charge in [0.2, 0.25) is 6.08 Å². The molecular formula is C21H21N5O2. The molecule has 0 amide bonds. The van der Waals surface area contributed by atoms with Crippen LogP contribution in [0.2, 0.25) is 0 Å². The predicted octanol–water partition coefficient (Wildman–Crippen LogP) is 3.38. The number of isocyanates is 1. The van der Waals surface area contributed by atoms with Crippen molar-refractivity contribution in [3.63, 3.8) is 0 Å². The molecule has 2 heterocycles. The van der Waals surface area contributed by atoms with Crippen LogP contribution < -0.4 is 14.5 Å². The quantitative estimate of drug-likeness (QED) is 0.547. The Morgan fingerprint density at radius 2 is 1.68 bits per heavy atom. The molecule has 4 rings (SSSR count). The zero-order valence-corrected chi connectivity index (χ0v) is 15.6. The largest absolute Gasteiger partial charge is 0.496 e. The van der Waals surface area contributed by atoms with Crippen molar-refractivity contribution in [3.05, 3.63) is 54.6 Å². The number of methoxy groups -OCH3 is 1. The molecule has 28 heavy (non-hydrogen) atoms. The van der Waals surface area contributed by atoms with Crippen molar-refractivity contribution in [2.75, 3.05) is 43.1 Å². The van der Waals surface area contributed by atoms with Gasteiger partial charge in [0.25, 0.3) is 0 Å². The van der Waals surface area contributed by atoms with Crippen LogP contribution in [0.5, 0.6) is 5.75 Å². The lowest BCUT2D eigenvalue weighted by atomic mass is 10.1. The molecule has 3 aromatic rings. The number of aliphatic imine (C=N–C) groups is 1. The first-order valence-corrected chi connectivity index (χ1v) is 9.16. The minimum absolute atomic E-state index is 0.493. The Labute approximate surface area is 163 Å². The van der Waals surface area contributed by atoms with Gasteiger partial charge in [0.1, 0.15) is 11.4 Å². The molecule has 0 aliphatic carbocycles. The normalized spacial score (nSPS) is 13.9. The van der Waals surface area contributed by atoms with Gasteiger partial charge in [-0.3, -0.25) is 5.10 Å². The highest BCUT2D eigenvalue weighted by Gasteiger charge is 2.25. The van der Waals surface area contributed by atoms with E-state index in [0.717, 1.165) is 31.7 Å². The molecule has 1 N–H and O–H groups in total. The van der Waals surface area contributed by atoms with Gasteiger partial charge in [-0.2, -0.15) is 10.1 Å². The van der Waals surface area contributed by atoms with E-state index in [1.807, 2.05) is 42.5 Å². The smallest absolute Gasteiger partial charge is 0.240 e. The van der Waals surface area contributed by atoms with Gasteiger partial charge in [-0.05, 0) is 24.3 Å². The molecule has 0 atom stereocenters. The van der Waals surface area contributed by atoms with E-state index in [1.165, 1.54) is 5.69 Å². The van der Waals surface area contributed by atoms with Crippen molar-refractivity contribution >= 4 is 23.3 Å². The van der Waals surface area contributed by atoms with Gasteiger partial charge in [-0.15, -0.1) is 0 Å². The maximum absolute atomic E-state index is 11.1. The fraction of sp³-hybridized carbons (Fsp3) is 0.238. The third kappa shape index (κ3) is 3.35. The summed E-state index contributed by atoms with van der Waals surface area (Å²) in [6.45, 7) is 3.30. The third-order valence-electron chi connectivity index (χ3n) is 4.96. The molecule has 0 saturated carbocycles. The number of hydrogen-bond acceptors (Lipinski definition) is 6. The first-order chi connectivity index (χ1) is 13.8.